The van der Waals surface area contributed by atoms with Crippen molar-refractivity contribution in [3.63, 3.8) is 0 Å². The van der Waals surface area contributed by atoms with Crippen LogP contribution in [0.5, 0.6) is 0 Å². The molecular weight excluding hydrogens is 266 g/mol. The Morgan fingerprint density at radius 1 is 1.15 bits per heavy atom. The molecule has 104 valence electrons. The Morgan fingerprint density at radius 2 is 1.90 bits per heavy atom. The highest BCUT2D eigenvalue weighted by atomic mass is 19.2. The van der Waals surface area contributed by atoms with Crippen LogP contribution in [-0.2, 0) is 6.54 Å². The first-order chi connectivity index (χ1) is 9.47. The first-order valence-corrected chi connectivity index (χ1v) is 5.78. The largest absolute Gasteiger partial charge is 0.478 e. The summed E-state index contributed by atoms with van der Waals surface area (Å²) >= 11 is 0. The number of hydrogen-bond acceptors (Lipinski definition) is 3. The summed E-state index contributed by atoms with van der Waals surface area (Å²) < 4.78 is 25.8. The Kier molecular flexibility index (Phi) is 3.84. The fourth-order valence-corrected chi connectivity index (χ4v) is 1.74. The highest BCUT2D eigenvalue weighted by Crippen LogP contribution is 2.20. The quantitative estimate of drug-likeness (QED) is 0.752. The van der Waals surface area contributed by atoms with Crippen LogP contribution in [0.3, 0.4) is 0 Å². The number of halogens is 2. The van der Waals surface area contributed by atoms with E-state index in [1.165, 1.54) is 18.2 Å². The number of nitrogen functional groups attached to an aromatic ring is 1. The summed E-state index contributed by atoms with van der Waals surface area (Å²) in [6.07, 6.45) is 0. The molecule has 2 rings (SSSR count). The van der Waals surface area contributed by atoms with Gasteiger partial charge in [-0.15, -0.1) is 0 Å². The SMILES string of the molecule is Nc1ccc(NCc2ccc(F)c(F)c2)c(C(=O)O)c1. The molecule has 0 saturated heterocycles. The smallest absolute Gasteiger partial charge is 0.337 e. The van der Waals surface area contributed by atoms with E-state index >= 15 is 0 Å². The van der Waals surface area contributed by atoms with Gasteiger partial charge in [0.2, 0.25) is 0 Å². The Bertz CT molecular complexity index is 660. The Balaban J connectivity index is 2.18. The van der Waals surface area contributed by atoms with Crippen molar-refractivity contribution in [1.82, 2.24) is 0 Å². The molecule has 0 aromatic heterocycles. The minimum Gasteiger partial charge on any atom is -0.478 e. The lowest BCUT2D eigenvalue weighted by Gasteiger charge is -2.10. The average Bonchev–Trinajstić information content (AvgIpc) is 2.41. The first-order valence-electron chi connectivity index (χ1n) is 5.78. The van der Waals surface area contributed by atoms with Gasteiger partial charge in [-0.1, -0.05) is 6.07 Å². The normalized spacial score (nSPS) is 10.3. The minimum atomic E-state index is -1.12. The van der Waals surface area contributed by atoms with Gasteiger partial charge in [0, 0.05) is 17.9 Å². The van der Waals surface area contributed by atoms with Gasteiger partial charge in [-0.05, 0) is 35.9 Å². The molecule has 4 N–H and O–H groups in total. The van der Waals surface area contributed by atoms with Crippen LogP contribution in [0.1, 0.15) is 15.9 Å². The fourth-order valence-electron chi connectivity index (χ4n) is 1.74. The summed E-state index contributed by atoms with van der Waals surface area (Å²) in [5.74, 6) is -2.99. The monoisotopic (exact) mass is 278 g/mol. The van der Waals surface area contributed by atoms with Crippen molar-refractivity contribution in [2.45, 2.75) is 6.54 Å². The minimum absolute atomic E-state index is 0.0209. The Morgan fingerprint density at radius 3 is 2.55 bits per heavy atom. The summed E-state index contributed by atoms with van der Waals surface area (Å²) in [6, 6.07) is 7.91. The van der Waals surface area contributed by atoms with Crippen LogP contribution in [0.25, 0.3) is 0 Å². The van der Waals surface area contributed by atoms with Crippen LogP contribution in [-0.4, -0.2) is 11.1 Å². The van der Waals surface area contributed by atoms with E-state index in [1.807, 2.05) is 0 Å². The lowest BCUT2D eigenvalue weighted by Crippen LogP contribution is -2.07. The van der Waals surface area contributed by atoms with Crippen molar-refractivity contribution < 1.29 is 18.7 Å². The third kappa shape index (κ3) is 3.03. The second-order valence-electron chi connectivity index (χ2n) is 4.21. The predicted octanol–water partition coefficient (Wildman–Crippen LogP) is 2.86. The van der Waals surface area contributed by atoms with Gasteiger partial charge in [-0.3, -0.25) is 0 Å². The molecule has 0 aliphatic rings. The van der Waals surface area contributed by atoms with E-state index in [0.717, 1.165) is 12.1 Å². The van der Waals surface area contributed by atoms with Crippen LogP contribution >= 0.6 is 0 Å². The summed E-state index contributed by atoms with van der Waals surface area (Å²) in [5.41, 5.74) is 6.74. The molecule has 2 aromatic carbocycles. The van der Waals surface area contributed by atoms with Gasteiger partial charge < -0.3 is 16.2 Å². The van der Waals surface area contributed by atoms with Gasteiger partial charge in [0.05, 0.1) is 5.56 Å². The summed E-state index contributed by atoms with van der Waals surface area (Å²) in [6.45, 7) is 0.168. The average molecular weight is 278 g/mol. The van der Waals surface area contributed by atoms with Crippen LogP contribution in [0, 0.1) is 11.6 Å². The van der Waals surface area contributed by atoms with Crippen molar-refractivity contribution in [1.29, 1.82) is 0 Å². The molecular formula is C14H12F2N2O2. The number of rotatable bonds is 4. The predicted molar refractivity (Wildman–Crippen MR) is 71.5 cm³/mol. The number of nitrogens with two attached hydrogens (primary N) is 1. The highest BCUT2D eigenvalue weighted by molar-refractivity contribution is 5.95. The second-order valence-corrected chi connectivity index (χ2v) is 4.21. The number of aromatic carboxylic acids is 1. The molecule has 0 unspecified atom stereocenters. The maximum absolute atomic E-state index is 13.1. The molecule has 20 heavy (non-hydrogen) atoms. The fraction of sp³-hybridized carbons (Fsp3) is 0.0714. The molecule has 0 bridgehead atoms. The zero-order valence-corrected chi connectivity index (χ0v) is 10.4. The third-order valence-electron chi connectivity index (χ3n) is 2.74. The lowest BCUT2D eigenvalue weighted by molar-refractivity contribution is 0.0698. The van der Waals surface area contributed by atoms with E-state index in [-0.39, 0.29) is 12.1 Å². The van der Waals surface area contributed by atoms with E-state index in [4.69, 9.17) is 10.8 Å². The number of anilines is 2. The molecule has 0 atom stereocenters. The molecule has 0 aliphatic heterocycles. The zero-order chi connectivity index (χ0) is 14.7. The third-order valence-corrected chi connectivity index (χ3v) is 2.74. The van der Waals surface area contributed by atoms with E-state index < -0.39 is 17.6 Å². The molecule has 0 fully saturated rings. The maximum atomic E-state index is 13.1. The molecule has 0 spiro atoms. The number of carboxylic acid groups (broad SMARTS) is 1. The summed E-state index contributed by atoms with van der Waals surface area (Å²) in [4.78, 5) is 11.1. The molecule has 0 radical (unpaired) electrons. The number of benzene rings is 2. The lowest BCUT2D eigenvalue weighted by atomic mass is 10.1. The van der Waals surface area contributed by atoms with Gasteiger partial charge >= 0.3 is 5.97 Å². The van der Waals surface area contributed by atoms with Crippen molar-refractivity contribution >= 4 is 17.3 Å². The van der Waals surface area contributed by atoms with E-state index in [0.29, 0.717) is 16.9 Å². The zero-order valence-electron chi connectivity index (χ0n) is 10.4. The molecule has 0 amide bonds. The Labute approximate surface area is 113 Å². The highest BCUT2D eigenvalue weighted by Gasteiger charge is 2.10. The number of carbonyl (C=O) groups is 1. The van der Waals surface area contributed by atoms with E-state index in [9.17, 15) is 13.6 Å². The molecule has 6 heteroatoms. The first kappa shape index (κ1) is 13.8. The van der Waals surface area contributed by atoms with Gasteiger partial charge in [-0.25, -0.2) is 13.6 Å². The van der Waals surface area contributed by atoms with E-state index in [2.05, 4.69) is 5.32 Å². The summed E-state index contributed by atoms with van der Waals surface area (Å²) in [5, 5.41) is 11.9. The summed E-state index contributed by atoms with van der Waals surface area (Å²) in [7, 11) is 0. The maximum Gasteiger partial charge on any atom is 0.337 e. The topological polar surface area (TPSA) is 75.3 Å². The van der Waals surface area contributed by atoms with Crippen molar-refractivity contribution in [2.24, 2.45) is 0 Å². The standard InChI is InChI=1S/C14H12F2N2O2/c15-11-3-1-8(5-12(11)16)7-18-13-4-2-9(17)6-10(13)14(19)20/h1-6,18H,7,17H2,(H,19,20). The molecule has 4 nitrogen and oxygen atoms in total. The van der Waals surface area contributed by atoms with Crippen LogP contribution in [0.4, 0.5) is 20.2 Å². The molecule has 2 aromatic rings. The van der Waals surface area contributed by atoms with Crippen molar-refractivity contribution in [3.8, 4) is 0 Å². The molecule has 0 heterocycles. The Hall–Kier alpha value is -2.63. The van der Waals surface area contributed by atoms with E-state index in [1.54, 1.807) is 6.07 Å². The van der Waals surface area contributed by atoms with Crippen molar-refractivity contribution in [3.05, 3.63) is 59.2 Å². The number of nitrogens with one attached hydrogen (secondary N) is 1. The molecule has 0 saturated carbocycles. The van der Waals surface area contributed by atoms with Gasteiger partial charge in [0.25, 0.3) is 0 Å². The van der Waals surface area contributed by atoms with Gasteiger partial charge in [0.15, 0.2) is 11.6 Å². The van der Waals surface area contributed by atoms with Crippen molar-refractivity contribution in [2.75, 3.05) is 11.1 Å². The van der Waals surface area contributed by atoms with Crippen LogP contribution in [0.2, 0.25) is 0 Å². The number of hydrogen-bond donors (Lipinski definition) is 3. The van der Waals surface area contributed by atoms with Gasteiger partial charge in [0.1, 0.15) is 0 Å². The number of carboxylic acids is 1. The second kappa shape index (κ2) is 5.56. The van der Waals surface area contributed by atoms with Crippen LogP contribution in [0.15, 0.2) is 36.4 Å². The van der Waals surface area contributed by atoms with Gasteiger partial charge in [-0.2, -0.15) is 0 Å². The molecule has 0 aliphatic carbocycles. The van der Waals surface area contributed by atoms with Crippen LogP contribution < -0.4 is 11.1 Å².